The second-order valence-electron chi connectivity index (χ2n) is 3.37. The first-order valence-electron chi connectivity index (χ1n) is 4.38. The van der Waals surface area contributed by atoms with Gasteiger partial charge >= 0.3 is 0 Å². The fourth-order valence-electron chi connectivity index (χ4n) is 1.39. The van der Waals surface area contributed by atoms with E-state index in [1.54, 1.807) is 0 Å². The van der Waals surface area contributed by atoms with Crippen molar-refractivity contribution in [3.8, 4) is 0 Å². The molecule has 2 heterocycles. The number of rotatable bonds is 1. The van der Waals surface area contributed by atoms with Gasteiger partial charge < -0.3 is 0 Å². The van der Waals surface area contributed by atoms with Crippen LogP contribution in [-0.4, -0.2) is 20.2 Å². The van der Waals surface area contributed by atoms with Crippen molar-refractivity contribution >= 4 is 10.9 Å². The Bertz CT molecular complexity index is 512. The molecule has 5 heteroatoms. The highest BCUT2D eigenvalue weighted by Gasteiger charge is 2.10. The SMILES string of the molecule is CC(C)c1ncnc2cn[nH]c(=O)c12. The number of H-pyrrole nitrogens is 1. The van der Waals surface area contributed by atoms with Crippen molar-refractivity contribution in [1.82, 2.24) is 20.2 Å². The maximum absolute atomic E-state index is 11.5. The zero-order valence-corrected chi connectivity index (χ0v) is 7.98. The van der Waals surface area contributed by atoms with Gasteiger partial charge in [-0.05, 0) is 5.92 Å². The third-order valence-corrected chi connectivity index (χ3v) is 2.03. The van der Waals surface area contributed by atoms with Crippen LogP contribution in [0.4, 0.5) is 0 Å². The van der Waals surface area contributed by atoms with Crippen LogP contribution in [0.5, 0.6) is 0 Å². The number of fused-ring (bicyclic) bond motifs is 1. The van der Waals surface area contributed by atoms with Crippen LogP contribution < -0.4 is 5.56 Å². The van der Waals surface area contributed by atoms with Gasteiger partial charge in [-0.15, -0.1) is 0 Å². The molecule has 14 heavy (non-hydrogen) atoms. The van der Waals surface area contributed by atoms with Crippen LogP contribution in [0.3, 0.4) is 0 Å². The Kier molecular flexibility index (Phi) is 1.99. The molecular formula is C9H10N4O. The Balaban J connectivity index is 2.91. The van der Waals surface area contributed by atoms with Gasteiger partial charge in [0, 0.05) is 0 Å². The summed E-state index contributed by atoms with van der Waals surface area (Å²) in [4.78, 5) is 19.6. The first kappa shape index (κ1) is 8.80. The average molecular weight is 190 g/mol. The summed E-state index contributed by atoms with van der Waals surface area (Å²) in [6.07, 6.45) is 2.99. The zero-order chi connectivity index (χ0) is 10.1. The molecular weight excluding hydrogens is 180 g/mol. The largest absolute Gasteiger partial charge is 0.275 e. The fraction of sp³-hybridized carbons (Fsp3) is 0.333. The van der Waals surface area contributed by atoms with E-state index < -0.39 is 0 Å². The molecule has 1 N–H and O–H groups in total. The van der Waals surface area contributed by atoms with Gasteiger partial charge in [-0.3, -0.25) is 4.79 Å². The number of hydrogen-bond acceptors (Lipinski definition) is 4. The van der Waals surface area contributed by atoms with Gasteiger partial charge in [0.25, 0.3) is 5.56 Å². The van der Waals surface area contributed by atoms with Crippen molar-refractivity contribution in [2.24, 2.45) is 0 Å². The van der Waals surface area contributed by atoms with Crippen molar-refractivity contribution in [1.29, 1.82) is 0 Å². The zero-order valence-electron chi connectivity index (χ0n) is 7.98. The summed E-state index contributed by atoms with van der Waals surface area (Å²) >= 11 is 0. The lowest BCUT2D eigenvalue weighted by atomic mass is 10.1. The summed E-state index contributed by atoms with van der Waals surface area (Å²) in [6, 6.07) is 0. The van der Waals surface area contributed by atoms with Crippen molar-refractivity contribution in [2.45, 2.75) is 19.8 Å². The highest BCUT2D eigenvalue weighted by Crippen LogP contribution is 2.16. The summed E-state index contributed by atoms with van der Waals surface area (Å²) in [7, 11) is 0. The molecule has 0 amide bonds. The Morgan fingerprint density at radius 2 is 2.14 bits per heavy atom. The van der Waals surface area contributed by atoms with Gasteiger partial charge in [0.2, 0.25) is 0 Å². The van der Waals surface area contributed by atoms with Crippen molar-refractivity contribution in [3.63, 3.8) is 0 Å². The van der Waals surface area contributed by atoms with E-state index in [2.05, 4.69) is 20.2 Å². The van der Waals surface area contributed by atoms with E-state index in [1.165, 1.54) is 12.5 Å². The lowest BCUT2D eigenvalue weighted by molar-refractivity contribution is 0.823. The molecule has 2 rings (SSSR count). The van der Waals surface area contributed by atoms with Gasteiger partial charge in [0.1, 0.15) is 6.33 Å². The van der Waals surface area contributed by atoms with Gasteiger partial charge in [-0.25, -0.2) is 15.1 Å². The van der Waals surface area contributed by atoms with Crippen molar-refractivity contribution in [2.75, 3.05) is 0 Å². The molecule has 0 bridgehead atoms. The molecule has 5 nitrogen and oxygen atoms in total. The van der Waals surface area contributed by atoms with E-state index >= 15 is 0 Å². The van der Waals surface area contributed by atoms with Crippen LogP contribution in [0.2, 0.25) is 0 Å². The molecule has 0 aliphatic carbocycles. The number of nitrogens with zero attached hydrogens (tertiary/aromatic N) is 3. The minimum Gasteiger partial charge on any atom is -0.267 e. The number of nitrogens with one attached hydrogen (secondary N) is 1. The average Bonchev–Trinajstić information content (AvgIpc) is 2.17. The first-order chi connectivity index (χ1) is 6.70. The van der Waals surface area contributed by atoms with Crippen LogP contribution in [-0.2, 0) is 0 Å². The van der Waals surface area contributed by atoms with E-state index in [1.807, 2.05) is 13.8 Å². The molecule has 2 aromatic heterocycles. The molecule has 0 unspecified atom stereocenters. The minimum absolute atomic E-state index is 0.198. The van der Waals surface area contributed by atoms with Gasteiger partial charge in [0.05, 0.1) is 22.8 Å². The maximum Gasteiger partial charge on any atom is 0.275 e. The summed E-state index contributed by atoms with van der Waals surface area (Å²) in [5, 5.41) is 6.61. The van der Waals surface area contributed by atoms with Gasteiger partial charge in [-0.2, -0.15) is 5.10 Å². The number of aromatic nitrogens is 4. The summed E-state index contributed by atoms with van der Waals surface area (Å²) in [6.45, 7) is 3.98. The maximum atomic E-state index is 11.5. The Labute approximate surface area is 80.2 Å². The van der Waals surface area contributed by atoms with E-state index in [0.29, 0.717) is 10.9 Å². The number of hydrogen-bond donors (Lipinski definition) is 1. The summed E-state index contributed by atoms with van der Waals surface area (Å²) in [5.41, 5.74) is 1.12. The normalized spacial score (nSPS) is 11.1. The van der Waals surface area contributed by atoms with Crippen LogP contribution in [0, 0.1) is 0 Å². The van der Waals surface area contributed by atoms with Crippen LogP contribution in [0.25, 0.3) is 10.9 Å². The Hall–Kier alpha value is -1.78. The molecule has 0 fully saturated rings. The second-order valence-corrected chi connectivity index (χ2v) is 3.37. The Morgan fingerprint density at radius 3 is 2.86 bits per heavy atom. The molecule has 2 aromatic rings. The molecule has 0 atom stereocenters. The predicted octanol–water partition coefficient (Wildman–Crippen LogP) is 0.836. The monoisotopic (exact) mass is 190 g/mol. The third kappa shape index (κ3) is 1.26. The molecule has 0 spiro atoms. The predicted molar refractivity (Wildman–Crippen MR) is 52.0 cm³/mol. The van der Waals surface area contributed by atoms with E-state index in [0.717, 1.165) is 5.69 Å². The van der Waals surface area contributed by atoms with E-state index in [9.17, 15) is 4.79 Å². The fourth-order valence-corrected chi connectivity index (χ4v) is 1.39. The highest BCUT2D eigenvalue weighted by molar-refractivity contribution is 5.78. The highest BCUT2D eigenvalue weighted by atomic mass is 16.1. The van der Waals surface area contributed by atoms with E-state index in [4.69, 9.17) is 0 Å². The standard InChI is InChI=1S/C9H10N4O/c1-5(2)8-7-6(10-4-11-8)3-12-13-9(7)14/h3-5H,1-2H3,(H,13,14). The van der Waals surface area contributed by atoms with E-state index in [-0.39, 0.29) is 11.5 Å². The van der Waals surface area contributed by atoms with Gasteiger partial charge in [0.15, 0.2) is 0 Å². The van der Waals surface area contributed by atoms with Crippen molar-refractivity contribution < 1.29 is 0 Å². The summed E-state index contributed by atoms with van der Waals surface area (Å²) < 4.78 is 0. The third-order valence-electron chi connectivity index (χ3n) is 2.03. The second kappa shape index (κ2) is 3.17. The molecule has 0 radical (unpaired) electrons. The molecule has 0 aliphatic heterocycles. The van der Waals surface area contributed by atoms with Crippen LogP contribution in [0.1, 0.15) is 25.5 Å². The molecule has 0 aromatic carbocycles. The first-order valence-corrected chi connectivity index (χ1v) is 4.38. The Morgan fingerprint density at radius 1 is 1.36 bits per heavy atom. The molecule has 0 saturated carbocycles. The smallest absolute Gasteiger partial charge is 0.267 e. The van der Waals surface area contributed by atoms with Crippen LogP contribution in [0.15, 0.2) is 17.3 Å². The topological polar surface area (TPSA) is 71.5 Å². The lowest BCUT2D eigenvalue weighted by Gasteiger charge is -2.05. The minimum atomic E-state index is -0.230. The molecule has 0 saturated heterocycles. The molecule has 72 valence electrons. The quantitative estimate of drug-likeness (QED) is 0.723. The van der Waals surface area contributed by atoms with Crippen LogP contribution >= 0.6 is 0 Å². The summed E-state index contributed by atoms with van der Waals surface area (Å²) in [5.74, 6) is 0.198. The lowest BCUT2D eigenvalue weighted by Crippen LogP contribution is -2.12. The van der Waals surface area contributed by atoms with Gasteiger partial charge in [-0.1, -0.05) is 13.8 Å². The van der Waals surface area contributed by atoms with Crippen molar-refractivity contribution in [3.05, 3.63) is 28.6 Å². The number of aromatic amines is 1. The molecule has 0 aliphatic rings.